The number of nitrogens with zero attached hydrogens (tertiary/aromatic N) is 2. The molecule has 0 unspecified atom stereocenters. The van der Waals surface area contributed by atoms with E-state index in [0.29, 0.717) is 17.1 Å². The van der Waals surface area contributed by atoms with Crippen molar-refractivity contribution in [3.8, 4) is 22.7 Å². The lowest BCUT2D eigenvalue weighted by Crippen LogP contribution is -2.16. The van der Waals surface area contributed by atoms with E-state index in [1.54, 1.807) is 23.9 Å². The first-order valence-electron chi connectivity index (χ1n) is 9.74. The maximum absolute atomic E-state index is 13.0. The van der Waals surface area contributed by atoms with Crippen LogP contribution in [-0.4, -0.2) is 22.8 Å². The highest BCUT2D eigenvalue weighted by Gasteiger charge is 2.18. The van der Waals surface area contributed by atoms with Crippen molar-refractivity contribution in [2.45, 2.75) is 13.8 Å². The summed E-state index contributed by atoms with van der Waals surface area (Å²) < 4.78 is 7.12. The van der Waals surface area contributed by atoms with E-state index in [2.05, 4.69) is 18.3 Å². The van der Waals surface area contributed by atoms with E-state index < -0.39 is 0 Å². The van der Waals surface area contributed by atoms with Gasteiger partial charge in [-0.15, -0.1) is 0 Å². The van der Waals surface area contributed by atoms with Crippen molar-refractivity contribution in [3.63, 3.8) is 0 Å². The maximum Gasteiger partial charge on any atom is 0.260 e. The molecule has 5 nitrogen and oxygen atoms in total. The van der Waals surface area contributed by atoms with Gasteiger partial charge < -0.3 is 10.1 Å². The summed E-state index contributed by atoms with van der Waals surface area (Å²) in [5, 5.41) is 7.81. The lowest BCUT2D eigenvalue weighted by Gasteiger charge is -2.13. The van der Waals surface area contributed by atoms with Crippen molar-refractivity contribution in [2.75, 3.05) is 12.4 Å². The number of aromatic nitrogens is 2. The number of carbonyl (C=O) groups excluding carboxylic acids is 1. The minimum atomic E-state index is -0.252. The summed E-state index contributed by atoms with van der Waals surface area (Å²) in [7, 11) is 1.56. The Labute approximate surface area is 175 Å². The van der Waals surface area contributed by atoms with Gasteiger partial charge in [0.1, 0.15) is 11.6 Å². The largest absolute Gasteiger partial charge is 0.496 e. The Morgan fingerprint density at radius 2 is 1.67 bits per heavy atom. The molecule has 0 fully saturated rings. The number of hydrogen-bond donors (Lipinski definition) is 1. The van der Waals surface area contributed by atoms with Gasteiger partial charge in [0.2, 0.25) is 0 Å². The average Bonchev–Trinajstić information content (AvgIpc) is 3.17. The molecular formula is C25H23N3O2. The van der Waals surface area contributed by atoms with Crippen LogP contribution in [0.1, 0.15) is 21.5 Å². The van der Waals surface area contributed by atoms with Gasteiger partial charge >= 0.3 is 0 Å². The van der Waals surface area contributed by atoms with Gasteiger partial charge in [-0.2, -0.15) is 5.10 Å². The van der Waals surface area contributed by atoms with E-state index in [1.165, 1.54) is 5.56 Å². The summed E-state index contributed by atoms with van der Waals surface area (Å²) >= 11 is 0. The van der Waals surface area contributed by atoms with E-state index in [-0.39, 0.29) is 5.91 Å². The van der Waals surface area contributed by atoms with Crippen LogP contribution in [0.4, 0.5) is 5.82 Å². The molecule has 0 saturated heterocycles. The standard InChI is InChI=1S/C25H23N3O2/c1-17-13-14-22(18(2)15-17)28-24(16-21(27-28)19-9-5-4-6-10-19)26-25(29)20-11-7-8-12-23(20)30-3/h4-16H,1-3H3,(H,26,29). The monoisotopic (exact) mass is 397 g/mol. The van der Waals surface area contributed by atoms with Gasteiger partial charge in [-0.1, -0.05) is 60.2 Å². The Bertz CT molecular complexity index is 1200. The van der Waals surface area contributed by atoms with Crippen molar-refractivity contribution < 1.29 is 9.53 Å². The summed E-state index contributed by atoms with van der Waals surface area (Å²) in [6, 6.07) is 25.1. The maximum atomic E-state index is 13.0. The van der Waals surface area contributed by atoms with Gasteiger partial charge in [-0.05, 0) is 37.6 Å². The van der Waals surface area contributed by atoms with Gasteiger partial charge in [-0.3, -0.25) is 4.79 Å². The Hall–Kier alpha value is -3.86. The number of hydrogen-bond acceptors (Lipinski definition) is 3. The Morgan fingerprint density at radius 3 is 2.40 bits per heavy atom. The van der Waals surface area contributed by atoms with E-state index >= 15 is 0 Å². The molecular weight excluding hydrogens is 374 g/mol. The average molecular weight is 397 g/mol. The number of para-hydroxylation sites is 1. The van der Waals surface area contributed by atoms with Crippen molar-refractivity contribution in [1.29, 1.82) is 0 Å². The van der Waals surface area contributed by atoms with E-state index in [1.807, 2.05) is 67.6 Å². The normalized spacial score (nSPS) is 10.6. The topological polar surface area (TPSA) is 56.1 Å². The van der Waals surface area contributed by atoms with E-state index in [4.69, 9.17) is 9.84 Å². The highest BCUT2D eigenvalue weighted by atomic mass is 16.5. The number of anilines is 1. The number of nitrogens with one attached hydrogen (secondary N) is 1. The molecule has 0 aliphatic carbocycles. The first kappa shape index (κ1) is 19.5. The van der Waals surface area contributed by atoms with Crippen LogP contribution in [0.3, 0.4) is 0 Å². The molecule has 4 rings (SSSR count). The zero-order valence-electron chi connectivity index (χ0n) is 17.2. The smallest absolute Gasteiger partial charge is 0.260 e. The highest BCUT2D eigenvalue weighted by molar-refractivity contribution is 6.06. The first-order valence-corrected chi connectivity index (χ1v) is 9.74. The molecule has 0 radical (unpaired) electrons. The van der Waals surface area contributed by atoms with Crippen molar-refractivity contribution in [1.82, 2.24) is 9.78 Å². The Balaban J connectivity index is 1.79. The number of ether oxygens (including phenoxy) is 1. The van der Waals surface area contributed by atoms with Gasteiger partial charge in [0.15, 0.2) is 0 Å². The van der Waals surface area contributed by atoms with Gasteiger partial charge in [-0.25, -0.2) is 4.68 Å². The lowest BCUT2D eigenvalue weighted by molar-refractivity contribution is 0.102. The molecule has 0 atom stereocenters. The van der Waals surface area contributed by atoms with Crippen molar-refractivity contribution >= 4 is 11.7 Å². The lowest BCUT2D eigenvalue weighted by atomic mass is 10.1. The summed E-state index contributed by atoms with van der Waals surface area (Å²) in [5.74, 6) is 0.866. The summed E-state index contributed by atoms with van der Waals surface area (Å²) in [4.78, 5) is 13.0. The molecule has 4 aromatic rings. The van der Waals surface area contributed by atoms with Crippen LogP contribution in [0.2, 0.25) is 0 Å². The molecule has 1 N–H and O–H groups in total. The Morgan fingerprint density at radius 1 is 0.933 bits per heavy atom. The van der Waals surface area contributed by atoms with E-state index in [9.17, 15) is 4.79 Å². The molecule has 0 bridgehead atoms. The van der Waals surface area contributed by atoms with Crippen molar-refractivity contribution in [2.24, 2.45) is 0 Å². The molecule has 0 aliphatic rings. The minimum Gasteiger partial charge on any atom is -0.496 e. The van der Waals surface area contributed by atoms with Gasteiger partial charge in [0, 0.05) is 11.6 Å². The number of aryl methyl sites for hydroxylation is 2. The molecule has 3 aromatic carbocycles. The Kier molecular flexibility index (Phi) is 5.35. The van der Waals surface area contributed by atoms with Crippen LogP contribution in [0.15, 0.2) is 78.9 Å². The quantitative estimate of drug-likeness (QED) is 0.489. The van der Waals surface area contributed by atoms with Crippen LogP contribution < -0.4 is 10.1 Å². The zero-order valence-corrected chi connectivity index (χ0v) is 17.2. The van der Waals surface area contributed by atoms with Crippen molar-refractivity contribution in [3.05, 3.63) is 95.6 Å². The molecule has 0 aliphatic heterocycles. The van der Waals surface area contributed by atoms with E-state index in [0.717, 1.165) is 22.5 Å². The number of benzene rings is 3. The highest BCUT2D eigenvalue weighted by Crippen LogP contribution is 2.28. The second-order valence-electron chi connectivity index (χ2n) is 7.14. The third kappa shape index (κ3) is 3.82. The fraction of sp³-hybridized carbons (Fsp3) is 0.120. The fourth-order valence-corrected chi connectivity index (χ4v) is 3.46. The van der Waals surface area contributed by atoms with Crippen LogP contribution >= 0.6 is 0 Å². The third-order valence-corrected chi connectivity index (χ3v) is 4.95. The second kappa shape index (κ2) is 8.25. The molecule has 0 saturated carbocycles. The molecule has 30 heavy (non-hydrogen) atoms. The van der Waals surface area contributed by atoms with Gasteiger partial charge in [0.25, 0.3) is 5.91 Å². The summed E-state index contributed by atoms with van der Waals surface area (Å²) in [6.07, 6.45) is 0. The SMILES string of the molecule is COc1ccccc1C(=O)Nc1cc(-c2ccccc2)nn1-c1ccc(C)cc1C. The fourth-order valence-electron chi connectivity index (χ4n) is 3.46. The van der Waals surface area contributed by atoms with Crippen LogP contribution in [0.5, 0.6) is 5.75 Å². The molecule has 1 aromatic heterocycles. The van der Waals surface area contributed by atoms with Crippen LogP contribution in [0, 0.1) is 13.8 Å². The first-order chi connectivity index (χ1) is 14.6. The number of carbonyl (C=O) groups is 1. The zero-order chi connectivity index (χ0) is 21.1. The van der Waals surface area contributed by atoms with Gasteiger partial charge in [0.05, 0.1) is 24.1 Å². The molecule has 1 heterocycles. The predicted molar refractivity (Wildman–Crippen MR) is 119 cm³/mol. The second-order valence-corrected chi connectivity index (χ2v) is 7.14. The molecule has 0 spiro atoms. The minimum absolute atomic E-state index is 0.252. The molecule has 1 amide bonds. The molecule has 5 heteroatoms. The number of amides is 1. The number of rotatable bonds is 5. The summed E-state index contributed by atoms with van der Waals surface area (Å²) in [5.41, 5.74) is 5.39. The predicted octanol–water partition coefficient (Wildman–Crippen LogP) is 5.42. The third-order valence-electron chi connectivity index (χ3n) is 4.95. The molecule has 150 valence electrons. The number of methoxy groups -OCH3 is 1. The van der Waals surface area contributed by atoms with Crippen LogP contribution in [-0.2, 0) is 0 Å². The summed E-state index contributed by atoms with van der Waals surface area (Å²) in [6.45, 7) is 4.09. The van der Waals surface area contributed by atoms with Crippen LogP contribution in [0.25, 0.3) is 16.9 Å².